The van der Waals surface area contributed by atoms with Crippen molar-refractivity contribution in [3.05, 3.63) is 47.5 Å². The van der Waals surface area contributed by atoms with Crippen molar-refractivity contribution < 1.29 is 19.1 Å². The van der Waals surface area contributed by atoms with Crippen LogP contribution in [0.5, 0.6) is 0 Å². The molecule has 0 aliphatic heterocycles. The zero-order chi connectivity index (χ0) is 27.0. The van der Waals surface area contributed by atoms with Crippen LogP contribution in [0.2, 0.25) is 0 Å². The molecular formula is C29H45N3O4. The summed E-state index contributed by atoms with van der Waals surface area (Å²) in [7, 11) is 0. The molecule has 1 saturated carbocycles. The fourth-order valence-corrected chi connectivity index (χ4v) is 4.52. The minimum Gasteiger partial charge on any atom is -0.444 e. The summed E-state index contributed by atoms with van der Waals surface area (Å²) in [5, 5.41) is 5.95. The molecule has 7 nitrogen and oxygen atoms in total. The number of carbonyl (C=O) groups excluding carboxylic acids is 3. The molecule has 0 bridgehead atoms. The highest BCUT2D eigenvalue weighted by Gasteiger charge is 2.37. The van der Waals surface area contributed by atoms with Gasteiger partial charge in [0.2, 0.25) is 11.8 Å². The molecule has 1 aromatic rings. The monoisotopic (exact) mass is 499 g/mol. The van der Waals surface area contributed by atoms with Crippen LogP contribution in [0.4, 0.5) is 4.79 Å². The van der Waals surface area contributed by atoms with Gasteiger partial charge in [0.15, 0.2) is 0 Å². The highest BCUT2D eigenvalue weighted by Crippen LogP contribution is 2.27. The summed E-state index contributed by atoms with van der Waals surface area (Å²) in [6.07, 6.45) is 6.19. The van der Waals surface area contributed by atoms with Crippen molar-refractivity contribution in [1.82, 2.24) is 15.5 Å². The third-order valence-corrected chi connectivity index (χ3v) is 6.57. The Hall–Kier alpha value is -2.83. The molecule has 2 atom stereocenters. The summed E-state index contributed by atoms with van der Waals surface area (Å²) in [5.41, 5.74) is 2.19. The molecule has 0 saturated heterocycles. The lowest BCUT2D eigenvalue weighted by molar-refractivity contribution is -0.143. The first-order valence-corrected chi connectivity index (χ1v) is 13.1. The van der Waals surface area contributed by atoms with Gasteiger partial charge in [-0.25, -0.2) is 4.79 Å². The number of ether oxygens (including phenoxy) is 1. The first kappa shape index (κ1) is 29.4. The molecule has 0 spiro atoms. The fraction of sp³-hybridized carbons (Fsp3) is 0.621. The number of aryl methyl sites for hydroxylation is 2. The number of benzene rings is 1. The first-order valence-electron chi connectivity index (χ1n) is 13.1. The van der Waals surface area contributed by atoms with Crippen LogP contribution in [0.25, 0.3) is 0 Å². The van der Waals surface area contributed by atoms with Gasteiger partial charge in [0.05, 0.1) is 0 Å². The number of nitrogens with one attached hydrogen (secondary N) is 2. The normalized spacial score (nSPS) is 16.1. The van der Waals surface area contributed by atoms with Gasteiger partial charge in [-0.05, 0) is 70.1 Å². The summed E-state index contributed by atoms with van der Waals surface area (Å²) in [4.78, 5) is 41.8. The largest absolute Gasteiger partial charge is 0.444 e. The molecule has 1 aliphatic rings. The van der Waals surface area contributed by atoms with E-state index < -0.39 is 23.8 Å². The summed E-state index contributed by atoms with van der Waals surface area (Å²) in [6.45, 7) is 17.1. The van der Waals surface area contributed by atoms with Crippen molar-refractivity contribution >= 4 is 17.9 Å². The molecule has 1 aliphatic carbocycles. The van der Waals surface area contributed by atoms with Crippen LogP contribution in [-0.2, 0) is 14.3 Å². The minimum atomic E-state index is -0.865. The third-order valence-electron chi connectivity index (χ3n) is 6.57. The summed E-state index contributed by atoms with van der Waals surface area (Å²) >= 11 is 0. The maximum absolute atomic E-state index is 14.0. The molecule has 1 fully saturated rings. The van der Waals surface area contributed by atoms with Crippen LogP contribution in [0, 0.1) is 19.8 Å². The van der Waals surface area contributed by atoms with E-state index in [1.54, 1.807) is 26.8 Å². The van der Waals surface area contributed by atoms with Gasteiger partial charge in [0.1, 0.15) is 17.7 Å². The quantitative estimate of drug-likeness (QED) is 0.448. The van der Waals surface area contributed by atoms with Crippen molar-refractivity contribution in [3.63, 3.8) is 0 Å². The van der Waals surface area contributed by atoms with Crippen molar-refractivity contribution in [2.75, 3.05) is 6.54 Å². The lowest BCUT2D eigenvalue weighted by Crippen LogP contribution is -2.55. The van der Waals surface area contributed by atoms with E-state index in [1.807, 2.05) is 45.9 Å². The molecular weight excluding hydrogens is 454 g/mol. The summed E-state index contributed by atoms with van der Waals surface area (Å²) in [5.74, 6) is -0.781. The van der Waals surface area contributed by atoms with Crippen molar-refractivity contribution in [3.8, 4) is 0 Å². The molecule has 2 unspecified atom stereocenters. The van der Waals surface area contributed by atoms with Gasteiger partial charge in [-0.3, -0.25) is 9.59 Å². The topological polar surface area (TPSA) is 87.7 Å². The molecule has 0 aromatic heterocycles. The number of amides is 3. The average Bonchev–Trinajstić information content (AvgIpc) is 2.78. The van der Waals surface area contributed by atoms with Crippen LogP contribution < -0.4 is 10.6 Å². The maximum Gasteiger partial charge on any atom is 0.408 e. The SMILES string of the molecule is C=CCN(C(=O)C(NC(=O)OC(C)(C)C)C(C)C)C(C(=O)NC1CCCCC1)c1ccc(C)c(C)c1. The Kier molecular flexibility index (Phi) is 10.6. The number of alkyl carbamates (subject to hydrolysis) is 1. The standard InChI is InChI=1S/C29H45N3O4/c1-9-17-32(27(34)24(19(2)3)31-28(35)36-29(6,7)8)25(22-16-15-20(4)21(5)18-22)26(33)30-23-13-11-10-12-14-23/h9,15-16,18-19,23-25H,1,10-14,17H2,2-8H3,(H,30,33)(H,31,35). The van der Waals surface area contributed by atoms with E-state index in [0.29, 0.717) is 0 Å². The van der Waals surface area contributed by atoms with Gasteiger partial charge in [0, 0.05) is 12.6 Å². The summed E-state index contributed by atoms with van der Waals surface area (Å²) in [6, 6.07) is 4.23. The zero-order valence-electron chi connectivity index (χ0n) is 23.1. The second-order valence-corrected chi connectivity index (χ2v) is 11.2. The van der Waals surface area contributed by atoms with E-state index in [9.17, 15) is 14.4 Å². The van der Waals surface area contributed by atoms with Gasteiger partial charge >= 0.3 is 6.09 Å². The van der Waals surface area contributed by atoms with Crippen molar-refractivity contribution in [1.29, 1.82) is 0 Å². The molecule has 3 amide bonds. The molecule has 0 radical (unpaired) electrons. The average molecular weight is 500 g/mol. The molecule has 2 N–H and O–H groups in total. The molecule has 36 heavy (non-hydrogen) atoms. The number of carbonyl (C=O) groups is 3. The highest BCUT2D eigenvalue weighted by molar-refractivity contribution is 5.92. The Balaban J connectivity index is 2.45. The van der Waals surface area contributed by atoms with E-state index in [2.05, 4.69) is 17.2 Å². The number of hydrogen-bond acceptors (Lipinski definition) is 4. The van der Waals surface area contributed by atoms with Crippen molar-refractivity contribution in [2.24, 2.45) is 5.92 Å². The molecule has 0 heterocycles. The van der Waals surface area contributed by atoms with Gasteiger partial charge in [-0.1, -0.05) is 57.4 Å². The minimum absolute atomic E-state index is 0.0989. The third kappa shape index (κ3) is 8.38. The second-order valence-electron chi connectivity index (χ2n) is 11.2. The Morgan fingerprint density at radius 2 is 1.75 bits per heavy atom. The first-order chi connectivity index (χ1) is 16.8. The lowest BCUT2D eigenvalue weighted by Gasteiger charge is -2.36. The highest BCUT2D eigenvalue weighted by atomic mass is 16.6. The summed E-state index contributed by atoms with van der Waals surface area (Å²) < 4.78 is 5.41. The van der Waals surface area contributed by atoms with Crippen LogP contribution in [0.3, 0.4) is 0 Å². The van der Waals surface area contributed by atoms with Gasteiger partial charge < -0.3 is 20.3 Å². The smallest absolute Gasteiger partial charge is 0.408 e. The van der Waals surface area contributed by atoms with Crippen LogP contribution in [0.15, 0.2) is 30.9 Å². The van der Waals surface area contributed by atoms with Crippen LogP contribution in [0.1, 0.15) is 89.5 Å². The maximum atomic E-state index is 14.0. The lowest BCUT2D eigenvalue weighted by atomic mass is 9.93. The predicted molar refractivity (Wildman–Crippen MR) is 144 cm³/mol. The molecule has 200 valence electrons. The number of nitrogens with zero attached hydrogens (tertiary/aromatic N) is 1. The van der Waals surface area contributed by atoms with Gasteiger partial charge in [-0.15, -0.1) is 6.58 Å². The second kappa shape index (κ2) is 12.9. The van der Waals surface area contributed by atoms with E-state index in [4.69, 9.17) is 4.74 Å². The Morgan fingerprint density at radius 3 is 2.28 bits per heavy atom. The number of hydrogen-bond donors (Lipinski definition) is 2. The van der Waals surface area contributed by atoms with E-state index in [1.165, 1.54) is 11.3 Å². The van der Waals surface area contributed by atoms with Gasteiger partial charge in [-0.2, -0.15) is 0 Å². The van der Waals surface area contributed by atoms with Gasteiger partial charge in [0.25, 0.3) is 0 Å². The molecule has 2 rings (SSSR count). The van der Waals surface area contributed by atoms with E-state index in [-0.39, 0.29) is 30.3 Å². The zero-order valence-corrected chi connectivity index (χ0v) is 23.1. The Morgan fingerprint density at radius 1 is 1.11 bits per heavy atom. The Bertz CT molecular complexity index is 929. The van der Waals surface area contributed by atoms with Crippen LogP contribution in [-0.4, -0.2) is 47.0 Å². The van der Waals surface area contributed by atoms with Crippen LogP contribution >= 0.6 is 0 Å². The molecule has 1 aromatic carbocycles. The predicted octanol–water partition coefficient (Wildman–Crippen LogP) is 5.36. The van der Waals surface area contributed by atoms with Crippen molar-refractivity contribution in [2.45, 2.75) is 104 Å². The van der Waals surface area contributed by atoms with E-state index in [0.717, 1.165) is 42.4 Å². The Labute approximate surface area is 217 Å². The van der Waals surface area contributed by atoms with E-state index >= 15 is 0 Å². The number of rotatable bonds is 9. The fourth-order valence-electron chi connectivity index (χ4n) is 4.52. The molecule has 7 heteroatoms.